The number of hydrogen-bond donors (Lipinski definition) is 0. The fourth-order valence-electron chi connectivity index (χ4n) is 2.38. The zero-order valence-electron chi connectivity index (χ0n) is 15.7. The standard InChI is InChI=1S/C17H30N4O3/c1-7-10-19(5)16(23)14-15(20(6)12-22)18-17(24-8-2)21(14)11-9-13(3)4/h12-13H,7-11H2,1-6H3. The van der Waals surface area contributed by atoms with Gasteiger partial charge < -0.3 is 14.5 Å². The first-order valence-corrected chi connectivity index (χ1v) is 8.54. The summed E-state index contributed by atoms with van der Waals surface area (Å²) in [6, 6.07) is 0.384. The number of ether oxygens (including phenoxy) is 1. The molecule has 0 fully saturated rings. The van der Waals surface area contributed by atoms with E-state index in [2.05, 4.69) is 18.8 Å². The first kappa shape index (κ1) is 20.0. The summed E-state index contributed by atoms with van der Waals surface area (Å²) in [4.78, 5) is 31.5. The molecule has 0 N–H and O–H groups in total. The van der Waals surface area contributed by atoms with Crippen molar-refractivity contribution < 1.29 is 14.3 Å². The number of carbonyl (C=O) groups excluding carboxylic acids is 2. The van der Waals surface area contributed by atoms with E-state index in [0.717, 1.165) is 12.8 Å². The van der Waals surface area contributed by atoms with Crippen LogP contribution < -0.4 is 9.64 Å². The molecular formula is C17H30N4O3. The Morgan fingerprint density at radius 2 is 2.00 bits per heavy atom. The van der Waals surface area contributed by atoms with Crippen LogP contribution in [0.4, 0.5) is 5.82 Å². The molecule has 0 saturated heterocycles. The van der Waals surface area contributed by atoms with E-state index in [1.807, 2.05) is 13.8 Å². The molecule has 1 rings (SSSR count). The number of anilines is 1. The van der Waals surface area contributed by atoms with E-state index in [9.17, 15) is 9.59 Å². The fourth-order valence-corrected chi connectivity index (χ4v) is 2.38. The van der Waals surface area contributed by atoms with Gasteiger partial charge in [0, 0.05) is 27.2 Å². The van der Waals surface area contributed by atoms with Gasteiger partial charge >= 0.3 is 0 Å². The largest absolute Gasteiger partial charge is 0.465 e. The molecule has 2 amide bonds. The maximum absolute atomic E-state index is 12.9. The average Bonchev–Trinajstić information content (AvgIpc) is 2.90. The lowest BCUT2D eigenvalue weighted by Crippen LogP contribution is -2.31. The highest BCUT2D eigenvalue weighted by atomic mass is 16.5. The highest BCUT2D eigenvalue weighted by Gasteiger charge is 2.28. The van der Waals surface area contributed by atoms with Gasteiger partial charge in [-0.25, -0.2) is 0 Å². The predicted octanol–water partition coefficient (Wildman–Crippen LogP) is 2.40. The van der Waals surface area contributed by atoms with Crippen molar-refractivity contribution in [3.63, 3.8) is 0 Å². The summed E-state index contributed by atoms with van der Waals surface area (Å²) in [5, 5.41) is 0. The number of amides is 2. The van der Waals surface area contributed by atoms with Crippen LogP contribution in [0, 0.1) is 5.92 Å². The molecule has 0 unspecified atom stereocenters. The maximum Gasteiger partial charge on any atom is 0.298 e. The summed E-state index contributed by atoms with van der Waals surface area (Å²) in [5.41, 5.74) is 0.407. The Morgan fingerprint density at radius 3 is 2.50 bits per heavy atom. The van der Waals surface area contributed by atoms with E-state index in [4.69, 9.17) is 4.74 Å². The number of nitrogens with zero attached hydrogens (tertiary/aromatic N) is 4. The normalized spacial score (nSPS) is 10.8. The van der Waals surface area contributed by atoms with E-state index < -0.39 is 0 Å². The Balaban J connectivity index is 3.40. The lowest BCUT2D eigenvalue weighted by atomic mass is 10.1. The van der Waals surface area contributed by atoms with Gasteiger partial charge in [-0.15, -0.1) is 0 Å². The molecule has 0 saturated carbocycles. The van der Waals surface area contributed by atoms with Crippen LogP contribution in [-0.2, 0) is 11.3 Å². The van der Waals surface area contributed by atoms with Crippen LogP contribution in [0.15, 0.2) is 0 Å². The third kappa shape index (κ3) is 4.72. The van der Waals surface area contributed by atoms with Crippen molar-refractivity contribution in [2.45, 2.75) is 47.1 Å². The third-order valence-electron chi connectivity index (χ3n) is 3.72. The second-order valence-electron chi connectivity index (χ2n) is 6.28. The second kappa shape index (κ2) is 9.30. The first-order chi connectivity index (χ1) is 11.4. The third-order valence-corrected chi connectivity index (χ3v) is 3.72. The minimum absolute atomic E-state index is 0.150. The Hall–Kier alpha value is -2.05. The number of aromatic nitrogens is 2. The van der Waals surface area contributed by atoms with Gasteiger partial charge in [-0.05, 0) is 25.7 Å². The maximum atomic E-state index is 12.9. The molecule has 1 heterocycles. The lowest BCUT2D eigenvalue weighted by molar-refractivity contribution is -0.107. The number of carbonyl (C=O) groups is 2. The Bertz CT molecular complexity index is 554. The molecule has 0 atom stereocenters. The summed E-state index contributed by atoms with van der Waals surface area (Å²) in [7, 11) is 3.35. The van der Waals surface area contributed by atoms with Crippen molar-refractivity contribution in [2.24, 2.45) is 5.92 Å². The number of rotatable bonds is 10. The fraction of sp³-hybridized carbons (Fsp3) is 0.706. The number of imidazole rings is 1. The molecule has 1 aromatic rings. The Kier molecular flexibility index (Phi) is 7.74. The molecule has 0 aliphatic carbocycles. The quantitative estimate of drug-likeness (QED) is 0.614. The molecule has 7 nitrogen and oxygen atoms in total. The summed E-state index contributed by atoms with van der Waals surface area (Å²) in [6.45, 7) is 9.84. The molecule has 24 heavy (non-hydrogen) atoms. The topological polar surface area (TPSA) is 67.7 Å². The van der Waals surface area contributed by atoms with Gasteiger partial charge in [-0.1, -0.05) is 20.8 Å². The molecule has 0 bridgehead atoms. The highest BCUT2D eigenvalue weighted by molar-refractivity contribution is 5.99. The molecular weight excluding hydrogens is 308 g/mol. The summed E-state index contributed by atoms with van der Waals surface area (Å²) in [5.74, 6) is 0.665. The van der Waals surface area contributed by atoms with Gasteiger partial charge in [-0.3, -0.25) is 14.2 Å². The van der Waals surface area contributed by atoms with Gasteiger partial charge in [-0.2, -0.15) is 4.98 Å². The smallest absolute Gasteiger partial charge is 0.298 e. The zero-order valence-corrected chi connectivity index (χ0v) is 15.7. The van der Waals surface area contributed by atoms with E-state index in [-0.39, 0.29) is 5.91 Å². The Morgan fingerprint density at radius 1 is 1.33 bits per heavy atom. The van der Waals surface area contributed by atoms with Crippen molar-refractivity contribution in [1.82, 2.24) is 14.5 Å². The summed E-state index contributed by atoms with van der Waals surface area (Å²) < 4.78 is 7.41. The van der Waals surface area contributed by atoms with Crippen molar-refractivity contribution >= 4 is 18.1 Å². The molecule has 0 aromatic carbocycles. The van der Waals surface area contributed by atoms with Crippen molar-refractivity contribution in [2.75, 3.05) is 32.1 Å². The van der Waals surface area contributed by atoms with Crippen LogP contribution in [0.1, 0.15) is 51.0 Å². The second-order valence-corrected chi connectivity index (χ2v) is 6.28. The molecule has 0 aliphatic heterocycles. The Labute approximate surface area is 144 Å². The van der Waals surface area contributed by atoms with E-state index in [1.54, 1.807) is 23.6 Å². The van der Waals surface area contributed by atoms with Gasteiger partial charge in [0.25, 0.3) is 11.9 Å². The van der Waals surface area contributed by atoms with Crippen LogP contribution in [0.3, 0.4) is 0 Å². The summed E-state index contributed by atoms with van der Waals surface area (Å²) >= 11 is 0. The van der Waals surface area contributed by atoms with E-state index in [1.165, 1.54) is 4.90 Å². The molecule has 136 valence electrons. The van der Waals surface area contributed by atoms with Gasteiger partial charge in [0.1, 0.15) is 0 Å². The molecule has 0 radical (unpaired) electrons. The van der Waals surface area contributed by atoms with Gasteiger partial charge in [0.2, 0.25) is 6.41 Å². The minimum atomic E-state index is -0.150. The van der Waals surface area contributed by atoms with E-state index >= 15 is 0 Å². The molecule has 0 aliphatic rings. The number of hydrogen-bond acceptors (Lipinski definition) is 4. The van der Waals surface area contributed by atoms with Crippen LogP contribution in [-0.4, -0.2) is 54.0 Å². The molecule has 7 heteroatoms. The van der Waals surface area contributed by atoms with Crippen molar-refractivity contribution in [3.8, 4) is 6.01 Å². The van der Waals surface area contributed by atoms with Crippen LogP contribution in [0.5, 0.6) is 6.01 Å². The summed E-state index contributed by atoms with van der Waals surface area (Å²) in [6.07, 6.45) is 2.40. The minimum Gasteiger partial charge on any atom is -0.465 e. The molecule has 1 aromatic heterocycles. The van der Waals surface area contributed by atoms with Crippen LogP contribution in [0.2, 0.25) is 0 Å². The van der Waals surface area contributed by atoms with Crippen LogP contribution in [0.25, 0.3) is 0 Å². The SMILES string of the molecule is CCCN(C)C(=O)c1c(N(C)C=O)nc(OCC)n1CCC(C)C. The van der Waals surface area contributed by atoms with Gasteiger partial charge in [0.15, 0.2) is 11.5 Å². The van der Waals surface area contributed by atoms with Crippen molar-refractivity contribution in [1.29, 1.82) is 0 Å². The zero-order chi connectivity index (χ0) is 18.3. The van der Waals surface area contributed by atoms with E-state index in [0.29, 0.717) is 49.5 Å². The highest BCUT2D eigenvalue weighted by Crippen LogP contribution is 2.27. The first-order valence-electron chi connectivity index (χ1n) is 8.54. The van der Waals surface area contributed by atoms with Crippen LogP contribution >= 0.6 is 0 Å². The van der Waals surface area contributed by atoms with Crippen molar-refractivity contribution in [3.05, 3.63) is 5.69 Å². The van der Waals surface area contributed by atoms with Gasteiger partial charge in [0.05, 0.1) is 6.61 Å². The monoisotopic (exact) mass is 338 g/mol. The molecule has 0 spiro atoms. The lowest BCUT2D eigenvalue weighted by Gasteiger charge is -2.20. The average molecular weight is 338 g/mol. The predicted molar refractivity (Wildman–Crippen MR) is 94.6 cm³/mol.